The van der Waals surface area contributed by atoms with Gasteiger partial charge >= 0.3 is 0 Å². The molecule has 0 radical (unpaired) electrons. The highest BCUT2D eigenvalue weighted by atomic mass is 32.2. The van der Waals surface area contributed by atoms with Crippen LogP contribution in [0, 0.1) is 5.92 Å². The van der Waals surface area contributed by atoms with E-state index in [2.05, 4.69) is 4.72 Å². The topological polar surface area (TPSA) is 66.5 Å². The molecule has 5 nitrogen and oxygen atoms in total. The summed E-state index contributed by atoms with van der Waals surface area (Å²) in [6.45, 7) is 6.19. The van der Waals surface area contributed by atoms with Crippen LogP contribution in [0.5, 0.6) is 0 Å². The van der Waals surface area contributed by atoms with Gasteiger partial charge in [-0.05, 0) is 33.6 Å². The third-order valence-corrected chi connectivity index (χ3v) is 4.27. The van der Waals surface area contributed by atoms with Crippen LogP contribution in [0.15, 0.2) is 0 Å². The van der Waals surface area contributed by atoms with Crippen LogP contribution in [0.2, 0.25) is 0 Å². The SMILES string of the molecule is CC(C)(C)NS(=O)(=O)N1CCCC(C=O)C1. The van der Waals surface area contributed by atoms with Crippen LogP contribution in [0.3, 0.4) is 0 Å². The van der Waals surface area contributed by atoms with Crippen LogP contribution in [-0.2, 0) is 15.0 Å². The smallest absolute Gasteiger partial charge is 0.279 e. The largest absolute Gasteiger partial charge is 0.303 e. The van der Waals surface area contributed by atoms with E-state index in [4.69, 9.17) is 0 Å². The first-order valence-corrected chi connectivity index (χ1v) is 6.93. The molecule has 0 aliphatic carbocycles. The first-order chi connectivity index (χ1) is 7.24. The molecule has 1 aliphatic heterocycles. The van der Waals surface area contributed by atoms with Crippen molar-refractivity contribution in [3.63, 3.8) is 0 Å². The summed E-state index contributed by atoms with van der Waals surface area (Å²) < 4.78 is 27.9. The highest BCUT2D eigenvalue weighted by Crippen LogP contribution is 2.18. The fourth-order valence-electron chi connectivity index (χ4n) is 1.75. The molecule has 1 fully saturated rings. The number of carbonyl (C=O) groups is 1. The van der Waals surface area contributed by atoms with Crippen LogP contribution >= 0.6 is 0 Å². The average Bonchev–Trinajstić information content (AvgIpc) is 2.14. The van der Waals surface area contributed by atoms with E-state index in [1.807, 2.05) is 0 Å². The second kappa shape index (κ2) is 4.81. The maximum absolute atomic E-state index is 12.0. The predicted molar refractivity (Wildman–Crippen MR) is 62.2 cm³/mol. The summed E-state index contributed by atoms with van der Waals surface area (Å²) >= 11 is 0. The third-order valence-electron chi connectivity index (χ3n) is 2.39. The molecule has 0 aromatic carbocycles. The fraction of sp³-hybridized carbons (Fsp3) is 0.900. The Labute approximate surface area is 97.4 Å². The molecule has 1 unspecified atom stereocenters. The number of rotatable bonds is 3. The minimum atomic E-state index is -3.46. The van der Waals surface area contributed by atoms with Crippen LogP contribution in [-0.4, -0.2) is 37.6 Å². The standard InChI is InChI=1S/C10H20N2O3S/c1-10(2,3)11-16(14,15)12-6-4-5-9(7-12)8-13/h8-9,11H,4-7H2,1-3H3. The predicted octanol–water partition coefficient (Wildman–Crippen LogP) is 0.530. The number of carbonyl (C=O) groups excluding carboxylic acids is 1. The van der Waals surface area contributed by atoms with Crippen LogP contribution in [0.4, 0.5) is 0 Å². The molecule has 0 amide bonds. The molecule has 1 N–H and O–H groups in total. The number of aldehydes is 1. The van der Waals surface area contributed by atoms with Gasteiger partial charge in [0.05, 0.1) is 0 Å². The van der Waals surface area contributed by atoms with Gasteiger partial charge in [-0.25, -0.2) is 0 Å². The van der Waals surface area contributed by atoms with Gasteiger partial charge < -0.3 is 4.79 Å². The van der Waals surface area contributed by atoms with Crippen LogP contribution in [0.25, 0.3) is 0 Å². The lowest BCUT2D eigenvalue weighted by Crippen LogP contribution is -2.51. The monoisotopic (exact) mass is 248 g/mol. The number of nitrogens with zero attached hydrogens (tertiary/aromatic N) is 1. The average molecular weight is 248 g/mol. The summed E-state index contributed by atoms with van der Waals surface area (Å²) in [5.74, 6) is -0.162. The van der Waals surface area contributed by atoms with Gasteiger partial charge in [-0.1, -0.05) is 0 Å². The molecule has 6 heteroatoms. The van der Waals surface area contributed by atoms with E-state index in [0.29, 0.717) is 13.1 Å². The van der Waals surface area contributed by atoms with E-state index in [-0.39, 0.29) is 5.92 Å². The summed E-state index contributed by atoms with van der Waals surface area (Å²) in [5.41, 5.74) is -0.493. The molecule has 0 bridgehead atoms. The summed E-state index contributed by atoms with van der Waals surface area (Å²) in [5, 5.41) is 0. The van der Waals surface area contributed by atoms with Gasteiger partial charge in [0.15, 0.2) is 0 Å². The first kappa shape index (κ1) is 13.6. The molecule has 94 valence electrons. The van der Waals surface area contributed by atoms with E-state index in [1.54, 1.807) is 20.8 Å². The Kier molecular flexibility index (Phi) is 4.09. The Bertz CT molecular complexity index is 346. The van der Waals surface area contributed by atoms with E-state index in [1.165, 1.54) is 4.31 Å². The Morgan fingerprint density at radius 3 is 2.50 bits per heavy atom. The van der Waals surface area contributed by atoms with Crippen molar-refractivity contribution in [1.82, 2.24) is 9.03 Å². The van der Waals surface area contributed by atoms with E-state index < -0.39 is 15.7 Å². The molecular weight excluding hydrogens is 228 g/mol. The number of piperidine rings is 1. The molecule has 16 heavy (non-hydrogen) atoms. The summed E-state index contributed by atoms with van der Waals surface area (Å²) in [6, 6.07) is 0. The highest BCUT2D eigenvalue weighted by molar-refractivity contribution is 7.87. The maximum atomic E-state index is 12.0. The Hall–Kier alpha value is -0.460. The minimum absolute atomic E-state index is 0.162. The summed E-state index contributed by atoms with van der Waals surface area (Å²) in [4.78, 5) is 10.7. The van der Waals surface area contributed by atoms with Crippen molar-refractivity contribution in [1.29, 1.82) is 0 Å². The van der Waals surface area contributed by atoms with E-state index in [9.17, 15) is 13.2 Å². The molecule has 1 atom stereocenters. The lowest BCUT2D eigenvalue weighted by molar-refractivity contribution is -0.112. The number of hydrogen-bond donors (Lipinski definition) is 1. The number of hydrogen-bond acceptors (Lipinski definition) is 3. The molecule has 0 aromatic heterocycles. The second-order valence-corrected chi connectivity index (χ2v) is 6.92. The van der Waals surface area contributed by atoms with E-state index in [0.717, 1.165) is 19.1 Å². The maximum Gasteiger partial charge on any atom is 0.279 e. The quantitative estimate of drug-likeness (QED) is 0.741. The van der Waals surface area contributed by atoms with Gasteiger partial charge in [0.25, 0.3) is 10.2 Å². The Morgan fingerprint density at radius 2 is 2.00 bits per heavy atom. The van der Waals surface area contributed by atoms with Crippen molar-refractivity contribution in [2.45, 2.75) is 39.2 Å². The van der Waals surface area contributed by atoms with Gasteiger partial charge in [-0.2, -0.15) is 17.4 Å². The normalized spacial score (nSPS) is 24.3. The van der Waals surface area contributed by atoms with Gasteiger partial charge in [-0.15, -0.1) is 0 Å². The first-order valence-electron chi connectivity index (χ1n) is 5.49. The molecule has 0 saturated carbocycles. The zero-order valence-corrected chi connectivity index (χ0v) is 10.9. The van der Waals surface area contributed by atoms with Gasteiger partial charge in [0.1, 0.15) is 6.29 Å². The van der Waals surface area contributed by atoms with Crippen molar-refractivity contribution in [2.24, 2.45) is 5.92 Å². The third kappa shape index (κ3) is 3.84. The lowest BCUT2D eigenvalue weighted by atomic mass is 10.0. The summed E-state index contributed by atoms with van der Waals surface area (Å²) in [7, 11) is -3.46. The zero-order valence-electron chi connectivity index (χ0n) is 10.1. The molecule has 1 heterocycles. The fourth-order valence-corrected chi connectivity index (χ4v) is 3.41. The van der Waals surface area contributed by atoms with Crippen molar-refractivity contribution in [3.8, 4) is 0 Å². The Balaban J connectivity index is 2.72. The van der Waals surface area contributed by atoms with Crippen molar-refractivity contribution in [3.05, 3.63) is 0 Å². The van der Waals surface area contributed by atoms with Crippen molar-refractivity contribution < 1.29 is 13.2 Å². The molecule has 1 saturated heterocycles. The molecule has 0 spiro atoms. The molecule has 1 rings (SSSR count). The van der Waals surface area contributed by atoms with Crippen molar-refractivity contribution >= 4 is 16.5 Å². The zero-order chi connectivity index (χ0) is 12.4. The molecule has 1 aliphatic rings. The summed E-state index contributed by atoms with van der Waals surface area (Å²) in [6.07, 6.45) is 2.37. The van der Waals surface area contributed by atoms with Gasteiger partial charge in [0, 0.05) is 24.5 Å². The van der Waals surface area contributed by atoms with Gasteiger partial charge in [-0.3, -0.25) is 0 Å². The minimum Gasteiger partial charge on any atom is -0.303 e. The number of nitrogens with one attached hydrogen (secondary N) is 1. The molecule has 0 aromatic rings. The van der Waals surface area contributed by atoms with Crippen molar-refractivity contribution in [2.75, 3.05) is 13.1 Å². The van der Waals surface area contributed by atoms with E-state index >= 15 is 0 Å². The molecular formula is C10H20N2O3S. The lowest BCUT2D eigenvalue weighted by Gasteiger charge is -2.32. The second-order valence-electron chi connectivity index (χ2n) is 5.25. The van der Waals surface area contributed by atoms with Gasteiger partial charge in [0.2, 0.25) is 0 Å². The Morgan fingerprint density at radius 1 is 1.38 bits per heavy atom. The van der Waals surface area contributed by atoms with Crippen LogP contribution < -0.4 is 4.72 Å². The van der Waals surface area contributed by atoms with Crippen LogP contribution in [0.1, 0.15) is 33.6 Å². The highest BCUT2D eigenvalue weighted by Gasteiger charge is 2.31.